The number of hydrogen-bond acceptors (Lipinski definition) is 4. The molecule has 0 aromatic heterocycles. The maximum Gasteiger partial charge on any atom is 0.223 e. The summed E-state index contributed by atoms with van der Waals surface area (Å²) in [7, 11) is -3.15. The fraction of sp³-hybridized carbons (Fsp3) is 0.938. The molecule has 6 nitrogen and oxygen atoms in total. The van der Waals surface area contributed by atoms with E-state index in [0.29, 0.717) is 38.9 Å². The van der Waals surface area contributed by atoms with Gasteiger partial charge in [-0.1, -0.05) is 33.1 Å². The fourth-order valence-electron chi connectivity index (χ4n) is 2.87. The number of amides is 1. The topological polar surface area (TPSA) is 92.5 Å². The van der Waals surface area contributed by atoms with Crippen LogP contribution in [0.4, 0.5) is 0 Å². The van der Waals surface area contributed by atoms with Crippen LogP contribution < -0.4 is 11.1 Å². The van der Waals surface area contributed by atoms with Crippen molar-refractivity contribution in [2.24, 2.45) is 11.7 Å². The molecule has 144 valence electrons. The zero-order valence-corrected chi connectivity index (χ0v) is 16.6. The van der Waals surface area contributed by atoms with E-state index in [9.17, 15) is 13.2 Å². The molecule has 0 radical (unpaired) electrons. The summed E-state index contributed by atoms with van der Waals surface area (Å²) in [5.74, 6) is 0.151. The summed E-state index contributed by atoms with van der Waals surface area (Å²) in [6.07, 6.45) is 5.80. The summed E-state index contributed by atoms with van der Waals surface area (Å²) in [6.45, 7) is 5.46. The second-order valence-electron chi connectivity index (χ2n) is 6.43. The molecule has 0 aromatic carbocycles. The third-order valence-corrected chi connectivity index (χ3v) is 6.47. The summed E-state index contributed by atoms with van der Waals surface area (Å²) >= 11 is 0. The van der Waals surface area contributed by atoms with Crippen molar-refractivity contribution in [2.75, 3.05) is 25.4 Å². The molecule has 1 heterocycles. The van der Waals surface area contributed by atoms with Gasteiger partial charge in [0.1, 0.15) is 0 Å². The van der Waals surface area contributed by atoms with Crippen molar-refractivity contribution in [3.05, 3.63) is 0 Å². The van der Waals surface area contributed by atoms with Crippen molar-refractivity contribution in [3.8, 4) is 0 Å². The molecule has 24 heavy (non-hydrogen) atoms. The van der Waals surface area contributed by atoms with E-state index in [1.807, 2.05) is 6.92 Å². The number of piperidine rings is 1. The number of unbranched alkanes of at least 4 members (excludes halogenated alkanes) is 2. The Kier molecular flexibility index (Phi) is 11.9. The normalized spacial score (nSPS) is 18.0. The molecule has 0 saturated carbocycles. The molecule has 3 N–H and O–H groups in total. The fourth-order valence-corrected chi connectivity index (χ4v) is 4.55. The molecule has 1 aliphatic rings. The van der Waals surface area contributed by atoms with Crippen LogP contribution in [0.3, 0.4) is 0 Å². The van der Waals surface area contributed by atoms with Crippen LogP contribution in [0, 0.1) is 5.92 Å². The predicted octanol–water partition coefficient (Wildman–Crippen LogP) is 1.88. The van der Waals surface area contributed by atoms with E-state index in [1.54, 1.807) is 4.31 Å². The number of nitrogens with one attached hydrogen (secondary N) is 1. The molecule has 0 aromatic rings. The molecule has 1 fully saturated rings. The zero-order chi connectivity index (χ0) is 17.3. The van der Waals surface area contributed by atoms with Crippen molar-refractivity contribution in [1.29, 1.82) is 0 Å². The van der Waals surface area contributed by atoms with Gasteiger partial charge in [0.15, 0.2) is 0 Å². The average Bonchev–Trinajstić information content (AvgIpc) is 2.56. The van der Waals surface area contributed by atoms with Crippen LogP contribution in [0.2, 0.25) is 0 Å². The van der Waals surface area contributed by atoms with E-state index in [0.717, 1.165) is 25.7 Å². The highest BCUT2D eigenvalue weighted by Gasteiger charge is 2.31. The summed E-state index contributed by atoms with van der Waals surface area (Å²) in [6, 6.07) is 0.0359. The SMILES string of the molecule is CCCCC(CN)NC(=O)C1CCN(S(=O)(=O)CCCC)CC1.Cl. The van der Waals surface area contributed by atoms with Crippen LogP contribution in [0.1, 0.15) is 58.8 Å². The lowest BCUT2D eigenvalue weighted by molar-refractivity contribution is -0.126. The first-order chi connectivity index (χ1) is 10.9. The molecular formula is C16H34ClN3O3S. The standard InChI is InChI=1S/C16H33N3O3S.ClH/c1-3-5-7-15(13-17)18-16(20)14-8-10-19(11-9-14)23(21,22)12-6-4-2;/h14-15H,3-13,17H2,1-2H3,(H,18,20);1H. The lowest BCUT2D eigenvalue weighted by Gasteiger charge is -2.31. The highest BCUT2D eigenvalue weighted by molar-refractivity contribution is 7.89. The third-order valence-electron chi connectivity index (χ3n) is 4.51. The minimum atomic E-state index is -3.15. The van der Waals surface area contributed by atoms with Gasteiger partial charge in [-0.2, -0.15) is 0 Å². The van der Waals surface area contributed by atoms with Crippen molar-refractivity contribution in [1.82, 2.24) is 9.62 Å². The number of halogens is 1. The molecular weight excluding hydrogens is 350 g/mol. The van der Waals surface area contributed by atoms with Crippen molar-refractivity contribution in [2.45, 2.75) is 64.8 Å². The quantitative estimate of drug-likeness (QED) is 0.602. The second-order valence-corrected chi connectivity index (χ2v) is 8.51. The summed E-state index contributed by atoms with van der Waals surface area (Å²) in [4.78, 5) is 12.3. The molecule has 1 saturated heterocycles. The molecule has 0 spiro atoms. The highest BCUT2D eigenvalue weighted by atomic mass is 35.5. The second kappa shape index (κ2) is 12.1. The summed E-state index contributed by atoms with van der Waals surface area (Å²) in [5.41, 5.74) is 5.71. The number of nitrogens with zero attached hydrogens (tertiary/aromatic N) is 1. The minimum Gasteiger partial charge on any atom is -0.352 e. The Morgan fingerprint density at radius 2 is 1.79 bits per heavy atom. The van der Waals surface area contributed by atoms with Gasteiger partial charge in [-0.15, -0.1) is 12.4 Å². The first-order valence-corrected chi connectivity index (χ1v) is 10.5. The predicted molar refractivity (Wildman–Crippen MR) is 101 cm³/mol. The van der Waals surface area contributed by atoms with Gasteiger partial charge in [0.25, 0.3) is 0 Å². The Morgan fingerprint density at radius 3 is 2.29 bits per heavy atom. The van der Waals surface area contributed by atoms with Crippen LogP contribution >= 0.6 is 12.4 Å². The van der Waals surface area contributed by atoms with Crippen LogP contribution in [-0.2, 0) is 14.8 Å². The van der Waals surface area contributed by atoms with Crippen LogP contribution in [0.5, 0.6) is 0 Å². The van der Waals surface area contributed by atoms with Crippen LogP contribution in [0.15, 0.2) is 0 Å². The number of sulfonamides is 1. The first-order valence-electron chi connectivity index (χ1n) is 8.92. The van der Waals surface area contributed by atoms with Crippen molar-refractivity contribution < 1.29 is 13.2 Å². The number of rotatable bonds is 10. The van der Waals surface area contributed by atoms with Gasteiger partial charge < -0.3 is 11.1 Å². The van der Waals surface area contributed by atoms with Gasteiger partial charge in [-0.25, -0.2) is 12.7 Å². The molecule has 8 heteroatoms. The Labute approximate surface area is 153 Å². The van der Waals surface area contributed by atoms with Gasteiger partial charge in [0.05, 0.1) is 5.75 Å². The average molecular weight is 384 g/mol. The van der Waals surface area contributed by atoms with Crippen molar-refractivity contribution >= 4 is 28.3 Å². The molecule has 1 aliphatic heterocycles. The molecule has 0 bridgehead atoms. The maximum absolute atomic E-state index is 12.3. The largest absolute Gasteiger partial charge is 0.352 e. The number of hydrogen-bond donors (Lipinski definition) is 2. The first kappa shape index (κ1) is 23.6. The molecule has 0 aliphatic carbocycles. The Hall–Kier alpha value is -0.370. The Balaban J connectivity index is 0.00000529. The van der Waals surface area contributed by atoms with E-state index in [1.165, 1.54) is 0 Å². The smallest absolute Gasteiger partial charge is 0.223 e. The summed E-state index contributed by atoms with van der Waals surface area (Å²) in [5, 5.41) is 3.03. The van der Waals surface area contributed by atoms with Gasteiger partial charge >= 0.3 is 0 Å². The van der Waals surface area contributed by atoms with E-state index >= 15 is 0 Å². The molecule has 1 unspecified atom stereocenters. The van der Waals surface area contributed by atoms with E-state index in [2.05, 4.69) is 12.2 Å². The van der Waals surface area contributed by atoms with Gasteiger partial charge in [-0.3, -0.25) is 4.79 Å². The van der Waals surface area contributed by atoms with Crippen molar-refractivity contribution in [3.63, 3.8) is 0 Å². The monoisotopic (exact) mass is 383 g/mol. The lowest BCUT2D eigenvalue weighted by atomic mass is 9.96. The zero-order valence-electron chi connectivity index (χ0n) is 15.0. The van der Waals surface area contributed by atoms with E-state index in [-0.39, 0.29) is 36.0 Å². The van der Waals surface area contributed by atoms with Crippen LogP contribution in [0.25, 0.3) is 0 Å². The number of carbonyl (C=O) groups is 1. The number of carbonyl (C=O) groups excluding carboxylic acids is 1. The van der Waals surface area contributed by atoms with E-state index in [4.69, 9.17) is 5.73 Å². The van der Waals surface area contributed by atoms with E-state index < -0.39 is 10.0 Å². The number of nitrogens with two attached hydrogens (primary N) is 1. The third kappa shape index (κ3) is 7.68. The Bertz CT molecular complexity index is 451. The maximum atomic E-state index is 12.3. The van der Waals surface area contributed by atoms with Gasteiger partial charge in [-0.05, 0) is 25.7 Å². The highest BCUT2D eigenvalue weighted by Crippen LogP contribution is 2.21. The molecule has 1 atom stereocenters. The van der Waals surface area contributed by atoms with Gasteiger partial charge in [0.2, 0.25) is 15.9 Å². The Morgan fingerprint density at radius 1 is 1.21 bits per heavy atom. The lowest BCUT2D eigenvalue weighted by Crippen LogP contribution is -2.47. The minimum absolute atomic E-state index is 0. The van der Waals surface area contributed by atoms with Gasteiger partial charge in [0, 0.05) is 31.6 Å². The van der Waals surface area contributed by atoms with Crippen LogP contribution in [-0.4, -0.2) is 50.1 Å². The molecule has 1 rings (SSSR count). The molecule has 1 amide bonds. The summed E-state index contributed by atoms with van der Waals surface area (Å²) < 4.78 is 25.9.